The lowest BCUT2D eigenvalue weighted by molar-refractivity contribution is -0.145. The van der Waals surface area contributed by atoms with Crippen molar-refractivity contribution >= 4 is 11.8 Å². The molecule has 3 heterocycles. The minimum absolute atomic E-state index is 0.0528. The number of tetrazole rings is 1. The molecule has 35 heavy (non-hydrogen) atoms. The number of nitrogens with zero attached hydrogens (tertiary/aromatic N) is 5. The number of aryl methyl sites for hydroxylation is 2. The van der Waals surface area contributed by atoms with Crippen LogP contribution in [0, 0.1) is 13.8 Å². The van der Waals surface area contributed by atoms with Gasteiger partial charge in [0.1, 0.15) is 23.8 Å². The molecule has 2 saturated carbocycles. The van der Waals surface area contributed by atoms with Gasteiger partial charge in [-0.25, -0.2) is 0 Å². The zero-order valence-electron chi connectivity index (χ0n) is 20.3. The molecule has 1 atom stereocenters. The molecular formula is C25H32N6O4. The lowest BCUT2D eigenvalue weighted by Crippen LogP contribution is -2.50. The topological polar surface area (TPSA) is 119 Å². The molecule has 1 N–H and O–H groups in total. The van der Waals surface area contributed by atoms with Crippen LogP contribution in [0.25, 0.3) is 11.6 Å². The van der Waals surface area contributed by atoms with Crippen LogP contribution in [0.2, 0.25) is 0 Å². The van der Waals surface area contributed by atoms with Gasteiger partial charge in [-0.2, -0.15) is 4.80 Å². The van der Waals surface area contributed by atoms with Crippen molar-refractivity contribution in [3.63, 3.8) is 0 Å². The van der Waals surface area contributed by atoms with E-state index in [1.165, 1.54) is 4.80 Å². The summed E-state index contributed by atoms with van der Waals surface area (Å²) in [6.07, 6.45) is 7.88. The van der Waals surface area contributed by atoms with Gasteiger partial charge >= 0.3 is 0 Å². The maximum Gasteiger partial charge on any atom is 0.250 e. The summed E-state index contributed by atoms with van der Waals surface area (Å²) < 4.78 is 11.5. The average Bonchev–Trinajstić information content (AvgIpc) is 3.62. The second-order valence-electron chi connectivity index (χ2n) is 9.63. The van der Waals surface area contributed by atoms with Crippen molar-refractivity contribution in [2.45, 2.75) is 89.9 Å². The zero-order chi connectivity index (χ0) is 24.4. The maximum atomic E-state index is 13.8. The van der Waals surface area contributed by atoms with Gasteiger partial charge in [-0.15, -0.1) is 10.2 Å². The number of hydrogen-bond donors (Lipinski definition) is 1. The fourth-order valence-corrected chi connectivity index (χ4v) is 5.25. The first-order chi connectivity index (χ1) is 17.0. The average molecular weight is 481 g/mol. The molecule has 0 aromatic carbocycles. The smallest absolute Gasteiger partial charge is 0.250 e. The monoisotopic (exact) mass is 480 g/mol. The summed E-state index contributed by atoms with van der Waals surface area (Å²) in [6, 6.07) is 6.47. The SMILES string of the molecule is Cc1ccc(-c2nnn(CC(=O)N(C3CCCC3)C(C(=O)NC3CCCC3)c3ccc(C)o3)n2)o1. The van der Waals surface area contributed by atoms with E-state index < -0.39 is 6.04 Å². The minimum atomic E-state index is -0.837. The highest BCUT2D eigenvalue weighted by molar-refractivity contribution is 5.88. The number of nitrogens with one attached hydrogen (secondary N) is 1. The molecule has 186 valence electrons. The van der Waals surface area contributed by atoms with Crippen LogP contribution >= 0.6 is 0 Å². The van der Waals surface area contributed by atoms with E-state index in [2.05, 4.69) is 20.7 Å². The van der Waals surface area contributed by atoms with E-state index in [4.69, 9.17) is 8.83 Å². The molecule has 5 rings (SSSR count). The van der Waals surface area contributed by atoms with Gasteiger partial charge in [0.05, 0.1) is 0 Å². The first-order valence-electron chi connectivity index (χ1n) is 12.5. The summed E-state index contributed by atoms with van der Waals surface area (Å²) in [7, 11) is 0. The molecule has 0 radical (unpaired) electrons. The van der Waals surface area contributed by atoms with Crippen LogP contribution in [-0.4, -0.2) is 49.0 Å². The van der Waals surface area contributed by atoms with Gasteiger partial charge in [0.15, 0.2) is 11.8 Å². The molecule has 0 aliphatic heterocycles. The molecule has 3 aromatic rings. The van der Waals surface area contributed by atoms with Crippen molar-refractivity contribution in [2.75, 3.05) is 0 Å². The number of carbonyl (C=O) groups excluding carboxylic acids is 2. The van der Waals surface area contributed by atoms with E-state index in [-0.39, 0.29) is 30.4 Å². The van der Waals surface area contributed by atoms with Gasteiger partial charge in [0.25, 0.3) is 5.91 Å². The minimum Gasteiger partial charge on any atom is -0.464 e. The summed E-state index contributed by atoms with van der Waals surface area (Å²) in [4.78, 5) is 30.4. The van der Waals surface area contributed by atoms with Gasteiger partial charge < -0.3 is 19.1 Å². The van der Waals surface area contributed by atoms with Crippen LogP contribution in [0.4, 0.5) is 0 Å². The molecule has 0 spiro atoms. The van der Waals surface area contributed by atoms with E-state index in [0.29, 0.717) is 23.1 Å². The van der Waals surface area contributed by atoms with Crippen molar-refractivity contribution < 1.29 is 18.4 Å². The Labute approximate surface area is 204 Å². The van der Waals surface area contributed by atoms with Gasteiger partial charge in [0, 0.05) is 12.1 Å². The van der Waals surface area contributed by atoms with Gasteiger partial charge in [-0.3, -0.25) is 9.59 Å². The Hall–Kier alpha value is -3.43. The van der Waals surface area contributed by atoms with Crippen molar-refractivity contribution in [1.82, 2.24) is 30.4 Å². The molecule has 3 aromatic heterocycles. The summed E-state index contributed by atoms with van der Waals surface area (Å²) in [5, 5.41) is 15.6. The van der Waals surface area contributed by atoms with Crippen LogP contribution in [0.3, 0.4) is 0 Å². The Morgan fingerprint density at radius 2 is 1.71 bits per heavy atom. The Kier molecular flexibility index (Phi) is 6.70. The Morgan fingerprint density at radius 1 is 1.03 bits per heavy atom. The second kappa shape index (κ2) is 10.1. The third-order valence-electron chi connectivity index (χ3n) is 6.96. The number of aromatic nitrogens is 4. The predicted molar refractivity (Wildman–Crippen MR) is 126 cm³/mol. The molecule has 2 aliphatic rings. The van der Waals surface area contributed by atoms with Gasteiger partial charge in [0.2, 0.25) is 11.7 Å². The van der Waals surface area contributed by atoms with E-state index >= 15 is 0 Å². The largest absolute Gasteiger partial charge is 0.464 e. The number of rotatable bonds is 8. The fourth-order valence-electron chi connectivity index (χ4n) is 5.25. The molecule has 0 bridgehead atoms. The summed E-state index contributed by atoms with van der Waals surface area (Å²) in [5.41, 5.74) is 0. The number of furan rings is 2. The highest BCUT2D eigenvalue weighted by Gasteiger charge is 2.40. The lowest BCUT2D eigenvalue weighted by atomic mass is 10.1. The van der Waals surface area contributed by atoms with Gasteiger partial charge in [-0.05, 0) is 69.0 Å². The highest BCUT2D eigenvalue weighted by Crippen LogP contribution is 2.33. The first-order valence-corrected chi connectivity index (χ1v) is 12.5. The molecule has 1 unspecified atom stereocenters. The maximum absolute atomic E-state index is 13.8. The highest BCUT2D eigenvalue weighted by atomic mass is 16.3. The summed E-state index contributed by atoms with van der Waals surface area (Å²) in [5.74, 6) is 2.31. The third-order valence-corrected chi connectivity index (χ3v) is 6.96. The van der Waals surface area contributed by atoms with E-state index in [1.54, 1.807) is 17.0 Å². The van der Waals surface area contributed by atoms with Crippen LogP contribution in [0.15, 0.2) is 33.1 Å². The molecule has 2 fully saturated rings. The van der Waals surface area contributed by atoms with Crippen molar-refractivity contribution in [2.24, 2.45) is 0 Å². The quantitative estimate of drug-likeness (QED) is 0.522. The molecule has 10 heteroatoms. The fraction of sp³-hybridized carbons (Fsp3) is 0.560. The molecule has 2 aliphatic carbocycles. The standard InChI is InChI=1S/C25H32N6O4/c1-16-11-13-20(34-16)23(25(33)26-18-7-3-4-8-18)31(19-9-5-6-10-19)22(32)15-30-28-24(27-29-30)21-14-12-17(2)35-21/h11-14,18-19,23H,3-10,15H2,1-2H3,(H,26,33). The third kappa shape index (κ3) is 5.16. The van der Waals surface area contributed by atoms with Crippen molar-refractivity contribution in [3.8, 4) is 11.6 Å². The lowest BCUT2D eigenvalue weighted by Gasteiger charge is -2.35. The number of amides is 2. The normalized spacial score (nSPS) is 17.7. The van der Waals surface area contributed by atoms with Crippen LogP contribution in [-0.2, 0) is 16.1 Å². The van der Waals surface area contributed by atoms with Gasteiger partial charge in [-0.1, -0.05) is 25.7 Å². The Bertz CT molecular complexity index is 1170. The summed E-state index contributed by atoms with van der Waals surface area (Å²) >= 11 is 0. The second-order valence-corrected chi connectivity index (χ2v) is 9.63. The summed E-state index contributed by atoms with van der Waals surface area (Å²) in [6.45, 7) is 3.55. The molecule has 10 nitrogen and oxygen atoms in total. The van der Waals surface area contributed by atoms with E-state index in [9.17, 15) is 9.59 Å². The van der Waals surface area contributed by atoms with E-state index in [0.717, 1.165) is 57.1 Å². The number of carbonyl (C=O) groups is 2. The molecule has 0 saturated heterocycles. The van der Waals surface area contributed by atoms with Crippen LogP contribution < -0.4 is 5.32 Å². The molecule has 2 amide bonds. The first kappa shape index (κ1) is 23.3. The van der Waals surface area contributed by atoms with Crippen LogP contribution in [0.1, 0.15) is 74.7 Å². The van der Waals surface area contributed by atoms with Crippen molar-refractivity contribution in [3.05, 3.63) is 41.5 Å². The number of hydrogen-bond acceptors (Lipinski definition) is 7. The van der Waals surface area contributed by atoms with E-state index in [1.807, 2.05) is 26.0 Å². The predicted octanol–water partition coefficient (Wildman–Crippen LogP) is 3.71. The molecular weight excluding hydrogens is 448 g/mol. The van der Waals surface area contributed by atoms with Crippen LogP contribution in [0.5, 0.6) is 0 Å². The Balaban J connectivity index is 1.42. The Morgan fingerprint density at radius 3 is 2.37 bits per heavy atom. The zero-order valence-corrected chi connectivity index (χ0v) is 20.3. The van der Waals surface area contributed by atoms with Crippen molar-refractivity contribution in [1.29, 1.82) is 0 Å².